The van der Waals surface area contributed by atoms with E-state index in [0.29, 0.717) is 0 Å². The molecule has 1 atom stereocenters. The number of allylic oxidation sites excluding steroid dienone is 1. The molecule has 7 nitrogen and oxygen atoms in total. The largest absolute Gasteiger partial charge is 0.433 e. The summed E-state index contributed by atoms with van der Waals surface area (Å²) in [6, 6.07) is 1.01. The van der Waals surface area contributed by atoms with E-state index in [0.717, 1.165) is 31.8 Å². The van der Waals surface area contributed by atoms with Gasteiger partial charge in [0.05, 0.1) is 11.8 Å². The number of halogens is 3. The fraction of sp³-hybridized carbons (Fsp3) is 0.533. The summed E-state index contributed by atoms with van der Waals surface area (Å²) in [6.45, 7) is 2.02. The van der Waals surface area contributed by atoms with E-state index in [1.165, 1.54) is 11.1 Å². The van der Waals surface area contributed by atoms with Gasteiger partial charge in [-0.15, -0.1) is 0 Å². The van der Waals surface area contributed by atoms with E-state index >= 15 is 0 Å². The summed E-state index contributed by atoms with van der Waals surface area (Å²) in [4.78, 5) is 9.18. The SMILES string of the molecule is N=C/C(=C\NC1CCNC1)c1cc(C(F)(F)F)nc(N2CC(O)C2)n1. The van der Waals surface area contributed by atoms with E-state index in [1.54, 1.807) is 0 Å². The molecular weight excluding hydrogens is 337 g/mol. The summed E-state index contributed by atoms with van der Waals surface area (Å²) in [7, 11) is 0. The summed E-state index contributed by atoms with van der Waals surface area (Å²) in [5.41, 5.74) is -0.807. The van der Waals surface area contributed by atoms with Crippen LogP contribution in [0.1, 0.15) is 17.8 Å². The van der Waals surface area contributed by atoms with Crippen molar-refractivity contribution < 1.29 is 18.3 Å². The molecule has 3 heterocycles. The van der Waals surface area contributed by atoms with Crippen molar-refractivity contribution in [2.24, 2.45) is 0 Å². The van der Waals surface area contributed by atoms with Crippen molar-refractivity contribution in [1.82, 2.24) is 20.6 Å². The second-order valence-electron chi connectivity index (χ2n) is 6.10. The number of aliphatic hydroxyl groups is 1. The molecule has 10 heteroatoms. The molecule has 1 unspecified atom stereocenters. The average molecular weight is 356 g/mol. The van der Waals surface area contributed by atoms with Crippen LogP contribution in [-0.4, -0.2) is 59.6 Å². The maximum Gasteiger partial charge on any atom is 0.433 e. The molecule has 0 amide bonds. The van der Waals surface area contributed by atoms with E-state index in [1.807, 2.05) is 0 Å². The Morgan fingerprint density at radius 3 is 2.72 bits per heavy atom. The van der Waals surface area contributed by atoms with E-state index in [4.69, 9.17) is 5.41 Å². The zero-order valence-electron chi connectivity index (χ0n) is 13.3. The highest BCUT2D eigenvalue weighted by Crippen LogP contribution is 2.31. The van der Waals surface area contributed by atoms with Gasteiger partial charge in [0.15, 0.2) is 5.69 Å². The number of alkyl halides is 3. The van der Waals surface area contributed by atoms with Crippen molar-refractivity contribution >= 4 is 17.7 Å². The van der Waals surface area contributed by atoms with Crippen LogP contribution >= 0.6 is 0 Å². The Morgan fingerprint density at radius 2 is 2.16 bits per heavy atom. The molecule has 2 aliphatic heterocycles. The lowest BCUT2D eigenvalue weighted by Gasteiger charge is -2.36. The van der Waals surface area contributed by atoms with Crippen LogP contribution in [0.3, 0.4) is 0 Å². The van der Waals surface area contributed by atoms with Crippen LogP contribution < -0.4 is 15.5 Å². The maximum absolute atomic E-state index is 13.2. The third-order valence-electron chi connectivity index (χ3n) is 4.14. The van der Waals surface area contributed by atoms with Crippen molar-refractivity contribution in [2.45, 2.75) is 24.7 Å². The molecule has 2 saturated heterocycles. The molecule has 1 aromatic heterocycles. The van der Waals surface area contributed by atoms with Crippen molar-refractivity contribution in [1.29, 1.82) is 5.41 Å². The van der Waals surface area contributed by atoms with Gasteiger partial charge < -0.3 is 26.0 Å². The Labute approximate surface area is 142 Å². The Morgan fingerprint density at radius 1 is 1.40 bits per heavy atom. The van der Waals surface area contributed by atoms with Crippen molar-refractivity contribution in [3.05, 3.63) is 23.7 Å². The predicted molar refractivity (Wildman–Crippen MR) is 86.4 cm³/mol. The number of nitrogens with one attached hydrogen (secondary N) is 3. The van der Waals surface area contributed by atoms with Crippen LogP contribution in [0, 0.1) is 5.41 Å². The first kappa shape index (κ1) is 17.6. The van der Waals surface area contributed by atoms with E-state index in [-0.39, 0.29) is 36.3 Å². The van der Waals surface area contributed by atoms with E-state index < -0.39 is 18.0 Å². The molecule has 0 aliphatic carbocycles. The molecule has 0 spiro atoms. The van der Waals surface area contributed by atoms with Gasteiger partial charge in [-0.2, -0.15) is 13.2 Å². The topological polar surface area (TPSA) is 97.2 Å². The van der Waals surface area contributed by atoms with Gasteiger partial charge in [-0.25, -0.2) is 9.97 Å². The molecule has 4 N–H and O–H groups in total. The van der Waals surface area contributed by atoms with Gasteiger partial charge >= 0.3 is 6.18 Å². The third-order valence-corrected chi connectivity index (χ3v) is 4.14. The lowest BCUT2D eigenvalue weighted by atomic mass is 10.1. The second-order valence-corrected chi connectivity index (χ2v) is 6.10. The van der Waals surface area contributed by atoms with Crippen LogP contribution in [0.25, 0.3) is 5.57 Å². The number of hydrogen-bond donors (Lipinski definition) is 4. The van der Waals surface area contributed by atoms with Crippen LogP contribution in [0.4, 0.5) is 19.1 Å². The van der Waals surface area contributed by atoms with E-state index in [2.05, 4.69) is 20.6 Å². The normalized spacial score (nSPS) is 22.0. The Hall–Kier alpha value is -2.20. The van der Waals surface area contributed by atoms with Gasteiger partial charge in [-0.3, -0.25) is 0 Å². The lowest BCUT2D eigenvalue weighted by Crippen LogP contribution is -2.51. The van der Waals surface area contributed by atoms with Crippen LogP contribution in [0.2, 0.25) is 0 Å². The van der Waals surface area contributed by atoms with Gasteiger partial charge in [0.1, 0.15) is 0 Å². The number of rotatable bonds is 5. The van der Waals surface area contributed by atoms with Crippen molar-refractivity contribution in [3.63, 3.8) is 0 Å². The quantitative estimate of drug-likeness (QED) is 0.578. The van der Waals surface area contributed by atoms with Crippen LogP contribution in [0.15, 0.2) is 12.3 Å². The molecule has 3 rings (SSSR count). The molecule has 1 aromatic rings. The number of hydrogen-bond acceptors (Lipinski definition) is 7. The summed E-state index contributed by atoms with van der Waals surface area (Å²) in [5.74, 6) is -0.0922. The minimum Gasteiger partial charge on any atom is -0.389 e. The fourth-order valence-corrected chi connectivity index (χ4v) is 2.68. The van der Waals surface area contributed by atoms with Crippen LogP contribution in [-0.2, 0) is 6.18 Å². The smallest absolute Gasteiger partial charge is 0.389 e. The van der Waals surface area contributed by atoms with E-state index in [9.17, 15) is 18.3 Å². The zero-order chi connectivity index (χ0) is 18.0. The molecule has 25 heavy (non-hydrogen) atoms. The predicted octanol–water partition coefficient (Wildman–Crippen LogP) is 0.618. The van der Waals surface area contributed by atoms with Gasteiger partial charge in [-0.1, -0.05) is 0 Å². The summed E-state index contributed by atoms with van der Waals surface area (Å²) >= 11 is 0. The minimum atomic E-state index is -4.62. The van der Waals surface area contributed by atoms with Crippen molar-refractivity contribution in [3.8, 4) is 0 Å². The zero-order valence-corrected chi connectivity index (χ0v) is 13.3. The lowest BCUT2D eigenvalue weighted by molar-refractivity contribution is -0.141. The molecule has 136 valence electrons. The first-order valence-electron chi connectivity index (χ1n) is 7.94. The summed E-state index contributed by atoms with van der Waals surface area (Å²) in [5, 5.41) is 23.2. The Balaban J connectivity index is 1.90. The number of aliphatic hydroxyl groups excluding tert-OH is 1. The Kier molecular flexibility index (Phi) is 4.91. The fourth-order valence-electron chi connectivity index (χ4n) is 2.68. The average Bonchev–Trinajstić information content (AvgIpc) is 3.05. The van der Waals surface area contributed by atoms with Crippen LogP contribution in [0.5, 0.6) is 0 Å². The molecule has 0 saturated carbocycles. The molecule has 0 radical (unpaired) electrons. The van der Waals surface area contributed by atoms with Gasteiger partial charge in [0, 0.05) is 43.7 Å². The molecular formula is C15H19F3N6O. The number of β-amino-alcohol motifs (C(OH)–C–C–N with tert-alkyl or cyclic N) is 1. The molecule has 0 aromatic carbocycles. The highest BCUT2D eigenvalue weighted by molar-refractivity contribution is 6.07. The van der Waals surface area contributed by atoms with Gasteiger partial charge in [0.2, 0.25) is 5.95 Å². The highest BCUT2D eigenvalue weighted by atomic mass is 19.4. The van der Waals surface area contributed by atoms with Gasteiger partial charge in [0.25, 0.3) is 0 Å². The number of aromatic nitrogens is 2. The Bertz CT molecular complexity index is 666. The molecule has 2 aliphatic rings. The third kappa shape index (κ3) is 4.07. The summed E-state index contributed by atoms with van der Waals surface area (Å²) < 4.78 is 39.5. The monoisotopic (exact) mass is 356 g/mol. The first-order valence-corrected chi connectivity index (χ1v) is 7.94. The number of nitrogens with zero attached hydrogens (tertiary/aromatic N) is 3. The maximum atomic E-state index is 13.2. The standard InChI is InChI=1S/C15H19F3N6O/c16-15(17,18)13-3-12(22-14(23-13)24-7-11(25)8-24)9(4-19)5-21-10-1-2-20-6-10/h3-5,10-11,19-21,25H,1-2,6-8H2/b9-5+,19-4?. The van der Waals surface area contributed by atoms with Gasteiger partial charge in [-0.05, 0) is 19.0 Å². The second kappa shape index (κ2) is 6.96. The van der Waals surface area contributed by atoms with Crippen molar-refractivity contribution in [2.75, 3.05) is 31.1 Å². The highest BCUT2D eigenvalue weighted by Gasteiger charge is 2.36. The minimum absolute atomic E-state index is 0.0205. The molecule has 0 bridgehead atoms. The number of anilines is 1. The molecule has 2 fully saturated rings. The summed E-state index contributed by atoms with van der Waals surface area (Å²) in [6.07, 6.45) is -1.83. The first-order chi connectivity index (χ1) is 11.9.